The molecule has 2 aliphatic rings. The monoisotopic (exact) mass is 274 g/mol. The van der Waals surface area contributed by atoms with E-state index in [0.29, 0.717) is 0 Å². The van der Waals surface area contributed by atoms with E-state index in [1.54, 1.807) is 0 Å². The largest absolute Gasteiger partial charge is 0.370 e. The molecule has 0 aromatic carbocycles. The standard InChI is InChI=1S/C16H26N4/c1-2-8-17-16-7-3-5-14(18-16)12-19-10-11-20-9-4-6-15(20)13-19/h3,5,7,15H,2,4,6,8-13H2,1H3,(H,17,18). The number of aromatic nitrogens is 1. The summed E-state index contributed by atoms with van der Waals surface area (Å²) in [7, 11) is 0. The summed E-state index contributed by atoms with van der Waals surface area (Å²) in [5.41, 5.74) is 1.19. The highest BCUT2D eigenvalue weighted by atomic mass is 15.3. The minimum Gasteiger partial charge on any atom is -0.370 e. The van der Waals surface area contributed by atoms with E-state index in [2.05, 4.69) is 40.2 Å². The maximum atomic E-state index is 4.72. The lowest BCUT2D eigenvalue weighted by Gasteiger charge is -2.37. The van der Waals surface area contributed by atoms with E-state index in [4.69, 9.17) is 4.98 Å². The van der Waals surface area contributed by atoms with Crippen molar-refractivity contribution in [1.29, 1.82) is 0 Å². The molecule has 0 spiro atoms. The molecule has 2 saturated heterocycles. The molecule has 1 N–H and O–H groups in total. The first-order chi connectivity index (χ1) is 9.85. The second kappa shape index (κ2) is 6.55. The zero-order chi connectivity index (χ0) is 13.8. The van der Waals surface area contributed by atoms with E-state index in [-0.39, 0.29) is 0 Å². The van der Waals surface area contributed by atoms with Crippen molar-refractivity contribution in [2.24, 2.45) is 0 Å². The molecule has 1 unspecified atom stereocenters. The van der Waals surface area contributed by atoms with Crippen LogP contribution in [0, 0.1) is 0 Å². The first kappa shape index (κ1) is 13.8. The average Bonchev–Trinajstić information content (AvgIpc) is 2.93. The van der Waals surface area contributed by atoms with Crippen LogP contribution in [0.1, 0.15) is 31.9 Å². The van der Waals surface area contributed by atoms with Gasteiger partial charge in [0.1, 0.15) is 5.82 Å². The molecule has 0 radical (unpaired) electrons. The van der Waals surface area contributed by atoms with Crippen LogP contribution in [0.15, 0.2) is 18.2 Å². The van der Waals surface area contributed by atoms with E-state index in [9.17, 15) is 0 Å². The number of nitrogens with one attached hydrogen (secondary N) is 1. The number of piperazine rings is 1. The van der Waals surface area contributed by atoms with Gasteiger partial charge >= 0.3 is 0 Å². The molecule has 1 atom stereocenters. The predicted octanol–water partition coefficient (Wildman–Crippen LogP) is 2.18. The topological polar surface area (TPSA) is 31.4 Å². The first-order valence-electron chi connectivity index (χ1n) is 8.01. The summed E-state index contributed by atoms with van der Waals surface area (Å²) in [6.45, 7) is 9.12. The Bertz CT molecular complexity index is 434. The van der Waals surface area contributed by atoms with E-state index < -0.39 is 0 Å². The number of hydrogen-bond donors (Lipinski definition) is 1. The Kier molecular flexibility index (Phi) is 4.53. The minimum absolute atomic E-state index is 0.796. The molecule has 1 aromatic rings. The van der Waals surface area contributed by atoms with E-state index in [1.807, 2.05) is 0 Å². The van der Waals surface area contributed by atoms with Crippen LogP contribution in [0.3, 0.4) is 0 Å². The van der Waals surface area contributed by atoms with Crippen molar-refractivity contribution in [3.05, 3.63) is 23.9 Å². The quantitative estimate of drug-likeness (QED) is 0.892. The molecule has 20 heavy (non-hydrogen) atoms. The molecule has 2 aliphatic heterocycles. The first-order valence-corrected chi connectivity index (χ1v) is 8.01. The Morgan fingerprint density at radius 2 is 2.25 bits per heavy atom. The molecule has 4 nitrogen and oxygen atoms in total. The van der Waals surface area contributed by atoms with Gasteiger partial charge in [-0.2, -0.15) is 0 Å². The van der Waals surface area contributed by atoms with E-state index >= 15 is 0 Å². The Morgan fingerprint density at radius 3 is 3.15 bits per heavy atom. The minimum atomic E-state index is 0.796. The Morgan fingerprint density at radius 1 is 1.30 bits per heavy atom. The lowest BCUT2D eigenvalue weighted by molar-refractivity contribution is 0.0985. The van der Waals surface area contributed by atoms with Crippen LogP contribution in [0.5, 0.6) is 0 Å². The van der Waals surface area contributed by atoms with Gasteiger partial charge in [0.15, 0.2) is 0 Å². The second-order valence-corrected chi connectivity index (χ2v) is 6.01. The van der Waals surface area contributed by atoms with Crippen molar-refractivity contribution in [3.63, 3.8) is 0 Å². The maximum absolute atomic E-state index is 4.72. The van der Waals surface area contributed by atoms with Crippen LogP contribution in [-0.4, -0.2) is 53.5 Å². The lowest BCUT2D eigenvalue weighted by Crippen LogP contribution is -2.49. The Balaban J connectivity index is 1.57. The number of fused-ring (bicyclic) bond motifs is 1. The molecule has 3 rings (SSSR count). The highest BCUT2D eigenvalue weighted by Crippen LogP contribution is 2.22. The van der Waals surface area contributed by atoms with Crippen molar-refractivity contribution in [2.45, 2.75) is 38.8 Å². The van der Waals surface area contributed by atoms with Crippen LogP contribution >= 0.6 is 0 Å². The molecule has 0 saturated carbocycles. The third-order valence-corrected chi connectivity index (χ3v) is 4.42. The highest BCUT2D eigenvalue weighted by Gasteiger charge is 2.30. The third kappa shape index (κ3) is 3.30. The highest BCUT2D eigenvalue weighted by molar-refractivity contribution is 5.35. The van der Waals surface area contributed by atoms with Crippen molar-refractivity contribution >= 4 is 5.82 Å². The number of nitrogens with zero attached hydrogens (tertiary/aromatic N) is 3. The van der Waals surface area contributed by atoms with Crippen molar-refractivity contribution in [1.82, 2.24) is 14.8 Å². The fourth-order valence-corrected chi connectivity index (χ4v) is 3.35. The SMILES string of the molecule is CCCNc1cccc(CN2CCN3CCCC3C2)n1. The van der Waals surface area contributed by atoms with Gasteiger partial charge in [-0.25, -0.2) is 4.98 Å². The van der Waals surface area contributed by atoms with Gasteiger partial charge in [-0.1, -0.05) is 13.0 Å². The van der Waals surface area contributed by atoms with Gasteiger partial charge < -0.3 is 5.32 Å². The summed E-state index contributed by atoms with van der Waals surface area (Å²) in [5.74, 6) is 1.02. The zero-order valence-electron chi connectivity index (χ0n) is 12.5. The number of anilines is 1. The molecule has 0 bridgehead atoms. The maximum Gasteiger partial charge on any atom is 0.126 e. The lowest BCUT2D eigenvalue weighted by atomic mass is 10.1. The molecule has 0 aliphatic carbocycles. The average molecular weight is 274 g/mol. The van der Waals surface area contributed by atoms with Crippen LogP contribution in [0.25, 0.3) is 0 Å². The number of hydrogen-bond acceptors (Lipinski definition) is 4. The summed E-state index contributed by atoms with van der Waals surface area (Å²) >= 11 is 0. The van der Waals surface area contributed by atoms with Crippen LogP contribution < -0.4 is 5.32 Å². The van der Waals surface area contributed by atoms with Gasteiger partial charge in [-0.3, -0.25) is 9.80 Å². The summed E-state index contributed by atoms with van der Waals surface area (Å²) < 4.78 is 0. The van der Waals surface area contributed by atoms with Gasteiger partial charge in [0.25, 0.3) is 0 Å². The third-order valence-electron chi connectivity index (χ3n) is 4.42. The van der Waals surface area contributed by atoms with Crippen LogP contribution in [0.2, 0.25) is 0 Å². The number of rotatable bonds is 5. The van der Waals surface area contributed by atoms with Crippen molar-refractivity contribution < 1.29 is 0 Å². The van der Waals surface area contributed by atoms with E-state index in [1.165, 1.54) is 44.7 Å². The molecule has 3 heterocycles. The van der Waals surface area contributed by atoms with Gasteiger partial charge in [0.2, 0.25) is 0 Å². The fraction of sp³-hybridized carbons (Fsp3) is 0.688. The number of pyridine rings is 1. The Hall–Kier alpha value is -1.13. The van der Waals surface area contributed by atoms with Gasteiger partial charge in [-0.15, -0.1) is 0 Å². The summed E-state index contributed by atoms with van der Waals surface area (Å²) in [4.78, 5) is 9.95. The fourth-order valence-electron chi connectivity index (χ4n) is 3.35. The molecular weight excluding hydrogens is 248 g/mol. The molecule has 2 fully saturated rings. The normalized spacial score (nSPS) is 23.8. The molecule has 4 heteroatoms. The van der Waals surface area contributed by atoms with Crippen molar-refractivity contribution in [2.75, 3.05) is 38.0 Å². The van der Waals surface area contributed by atoms with Gasteiger partial charge in [0.05, 0.1) is 5.69 Å². The predicted molar refractivity (Wildman–Crippen MR) is 82.9 cm³/mol. The zero-order valence-corrected chi connectivity index (χ0v) is 12.5. The van der Waals surface area contributed by atoms with E-state index in [0.717, 1.165) is 31.4 Å². The van der Waals surface area contributed by atoms with Gasteiger partial charge in [-0.05, 0) is 37.9 Å². The smallest absolute Gasteiger partial charge is 0.126 e. The molecular formula is C16H26N4. The molecule has 1 aromatic heterocycles. The van der Waals surface area contributed by atoms with Crippen LogP contribution in [-0.2, 0) is 6.54 Å². The summed E-state index contributed by atoms with van der Waals surface area (Å²) in [5, 5.41) is 3.37. The van der Waals surface area contributed by atoms with Crippen LogP contribution in [0.4, 0.5) is 5.82 Å². The molecule has 0 amide bonds. The summed E-state index contributed by atoms with van der Waals surface area (Å²) in [6, 6.07) is 7.13. The summed E-state index contributed by atoms with van der Waals surface area (Å²) in [6.07, 6.45) is 3.89. The Labute approximate surface area is 122 Å². The van der Waals surface area contributed by atoms with Gasteiger partial charge in [0, 0.05) is 38.8 Å². The second-order valence-electron chi connectivity index (χ2n) is 6.01. The molecule has 110 valence electrons. The van der Waals surface area contributed by atoms with Crippen molar-refractivity contribution in [3.8, 4) is 0 Å².